The quantitative estimate of drug-likeness (QED) is 0.380. The number of carbonyl (C=O) groups excluding carboxylic acids is 1. The van der Waals surface area contributed by atoms with Gasteiger partial charge in [0.2, 0.25) is 5.91 Å². The first-order valence-electron chi connectivity index (χ1n) is 13.8. The Balaban J connectivity index is 0.00000160. The second kappa shape index (κ2) is 11.6. The van der Waals surface area contributed by atoms with Gasteiger partial charge in [-0.15, -0.1) is 24.8 Å². The van der Waals surface area contributed by atoms with Crippen molar-refractivity contribution >= 4 is 53.1 Å². The number of nitrogens with zero attached hydrogens (tertiary/aromatic N) is 2. The fourth-order valence-corrected chi connectivity index (χ4v) is 8.20. The molecule has 0 spiro atoms. The summed E-state index contributed by atoms with van der Waals surface area (Å²) in [5.74, 6) is 3.78. The van der Waals surface area contributed by atoms with Crippen molar-refractivity contribution in [2.75, 3.05) is 36.5 Å². The number of carbonyl (C=O) groups is 1. The second-order valence-corrected chi connectivity index (χ2v) is 12.1. The lowest BCUT2D eigenvalue weighted by molar-refractivity contribution is -0.124. The highest BCUT2D eigenvalue weighted by atomic mass is 35.5. The zero-order valence-electron chi connectivity index (χ0n) is 21.9. The lowest BCUT2D eigenvalue weighted by Crippen LogP contribution is -2.47. The summed E-state index contributed by atoms with van der Waals surface area (Å²) in [6.45, 7) is 5.08. The number of amides is 1. The molecule has 3 N–H and O–H groups in total. The van der Waals surface area contributed by atoms with Crippen LogP contribution in [-0.2, 0) is 4.79 Å². The number of pyridine rings is 1. The van der Waals surface area contributed by atoms with Gasteiger partial charge in [0.1, 0.15) is 5.82 Å². The van der Waals surface area contributed by atoms with Crippen molar-refractivity contribution in [1.82, 2.24) is 10.3 Å². The predicted octanol–water partition coefficient (Wildman–Crippen LogP) is 5.48. The van der Waals surface area contributed by atoms with Gasteiger partial charge >= 0.3 is 0 Å². The number of hydrogen-bond acceptors (Lipinski definition) is 5. The van der Waals surface area contributed by atoms with Crippen LogP contribution < -0.4 is 15.5 Å². The van der Waals surface area contributed by atoms with Crippen LogP contribution in [-0.4, -0.2) is 48.3 Å². The van der Waals surface area contributed by atoms with Gasteiger partial charge in [-0.3, -0.25) is 4.79 Å². The van der Waals surface area contributed by atoms with E-state index in [1.165, 1.54) is 38.5 Å². The number of nitrogens with one attached hydrogen (secondary N) is 2. The summed E-state index contributed by atoms with van der Waals surface area (Å²) in [6.07, 6.45) is 10.6. The monoisotopic (exact) mass is 548 g/mol. The number of aryl methyl sites for hydroxylation is 1. The predicted molar refractivity (Wildman–Crippen MR) is 155 cm³/mol. The summed E-state index contributed by atoms with van der Waals surface area (Å²) in [5.41, 5.74) is 3.22. The van der Waals surface area contributed by atoms with Gasteiger partial charge in [0.05, 0.1) is 11.2 Å². The van der Waals surface area contributed by atoms with Gasteiger partial charge in [-0.05, 0) is 112 Å². The van der Waals surface area contributed by atoms with Crippen molar-refractivity contribution in [2.45, 2.75) is 70.8 Å². The molecule has 4 saturated carbocycles. The van der Waals surface area contributed by atoms with E-state index in [9.17, 15) is 4.79 Å². The molecule has 1 amide bonds. The fourth-order valence-electron chi connectivity index (χ4n) is 8.20. The first-order valence-corrected chi connectivity index (χ1v) is 13.8. The number of anilines is 2. The number of benzene rings is 1. The standard InChI is InChI=1S/C29H40N4O2.2ClH/c1-19-3-5-25-24(4-6-26(31-25)33-9-7-23(18-33)30-8-2-10-34)28(19)32-27(35)17-29-14-20-11-21(15-29)13-22(12-20)16-29;;/h3-6,20-23,30,34H,2,7-18H2,1H3,(H,32,35);2*1H/t20?,21?,22?,23-,29?;;/m0../s1. The van der Waals surface area contributed by atoms with Crippen molar-refractivity contribution in [2.24, 2.45) is 23.2 Å². The van der Waals surface area contributed by atoms with E-state index in [2.05, 4.69) is 46.7 Å². The highest BCUT2D eigenvalue weighted by Crippen LogP contribution is 2.61. The molecule has 8 heteroatoms. The summed E-state index contributed by atoms with van der Waals surface area (Å²) < 4.78 is 0. The molecule has 0 radical (unpaired) electrons. The average molecular weight is 550 g/mol. The molecule has 6 nitrogen and oxygen atoms in total. The Morgan fingerprint density at radius 2 is 1.78 bits per heavy atom. The molecule has 37 heavy (non-hydrogen) atoms. The maximum absolute atomic E-state index is 13.4. The van der Waals surface area contributed by atoms with Crippen LogP contribution in [0, 0.1) is 30.1 Å². The molecular weight excluding hydrogens is 507 g/mol. The molecule has 204 valence electrons. The number of aliphatic hydroxyl groups is 1. The van der Waals surface area contributed by atoms with Gasteiger partial charge in [0.25, 0.3) is 0 Å². The summed E-state index contributed by atoms with van der Waals surface area (Å²) in [7, 11) is 0. The maximum Gasteiger partial charge on any atom is 0.224 e. The van der Waals surface area contributed by atoms with Crippen LogP contribution in [0.25, 0.3) is 10.9 Å². The lowest BCUT2D eigenvalue weighted by Gasteiger charge is -2.56. The molecule has 1 aromatic carbocycles. The van der Waals surface area contributed by atoms with Crippen LogP contribution in [0.4, 0.5) is 11.5 Å². The van der Waals surface area contributed by atoms with E-state index in [4.69, 9.17) is 10.1 Å². The Kier molecular flexibility index (Phi) is 8.94. The van der Waals surface area contributed by atoms with Gasteiger partial charge in [-0.1, -0.05) is 6.07 Å². The smallest absolute Gasteiger partial charge is 0.224 e. The average Bonchev–Trinajstić information content (AvgIpc) is 3.28. The van der Waals surface area contributed by atoms with Crippen LogP contribution in [0.1, 0.15) is 63.4 Å². The zero-order chi connectivity index (χ0) is 24.0. The lowest BCUT2D eigenvalue weighted by atomic mass is 9.49. The fraction of sp³-hybridized carbons (Fsp3) is 0.655. The third kappa shape index (κ3) is 5.88. The molecular formula is C29H42Cl2N4O2. The molecule has 2 aromatic rings. The number of aliphatic hydroxyl groups excluding tert-OH is 1. The molecule has 1 aliphatic heterocycles. The van der Waals surface area contributed by atoms with Crippen LogP contribution in [0.3, 0.4) is 0 Å². The third-order valence-electron chi connectivity index (χ3n) is 9.31. The number of aromatic nitrogens is 1. The van der Waals surface area contributed by atoms with E-state index in [0.29, 0.717) is 12.5 Å². The molecule has 5 aliphatic rings. The topological polar surface area (TPSA) is 77.5 Å². The highest BCUT2D eigenvalue weighted by molar-refractivity contribution is 6.02. The molecule has 4 bridgehead atoms. The van der Waals surface area contributed by atoms with Crippen LogP contribution >= 0.6 is 24.8 Å². The maximum atomic E-state index is 13.4. The van der Waals surface area contributed by atoms with Crippen molar-refractivity contribution in [3.05, 3.63) is 29.8 Å². The zero-order valence-corrected chi connectivity index (χ0v) is 23.5. The summed E-state index contributed by atoms with van der Waals surface area (Å²) in [5, 5.41) is 16.9. The number of hydrogen-bond donors (Lipinski definition) is 3. The first kappa shape index (κ1) is 28.4. The largest absolute Gasteiger partial charge is 0.396 e. The first-order chi connectivity index (χ1) is 17.0. The minimum atomic E-state index is 0. The van der Waals surface area contributed by atoms with Crippen molar-refractivity contribution in [3.8, 4) is 0 Å². The Labute approximate surface area is 233 Å². The van der Waals surface area contributed by atoms with Crippen LogP contribution in [0.15, 0.2) is 24.3 Å². The Morgan fingerprint density at radius 3 is 2.46 bits per heavy atom. The van der Waals surface area contributed by atoms with Crippen molar-refractivity contribution in [1.29, 1.82) is 0 Å². The van der Waals surface area contributed by atoms with Gasteiger partial charge in [0.15, 0.2) is 0 Å². The number of fused-ring (bicyclic) bond motifs is 1. The number of rotatable bonds is 8. The normalized spacial score (nSPS) is 29.7. The molecule has 1 saturated heterocycles. The third-order valence-corrected chi connectivity index (χ3v) is 9.31. The molecule has 2 heterocycles. The van der Waals surface area contributed by atoms with Crippen LogP contribution in [0.5, 0.6) is 0 Å². The summed E-state index contributed by atoms with van der Waals surface area (Å²) in [4.78, 5) is 20.7. The van der Waals surface area contributed by atoms with Gasteiger partial charge in [-0.2, -0.15) is 0 Å². The van der Waals surface area contributed by atoms with Gasteiger partial charge < -0.3 is 20.6 Å². The molecule has 7 rings (SSSR count). The molecule has 5 fully saturated rings. The highest BCUT2D eigenvalue weighted by Gasteiger charge is 2.51. The Bertz CT molecular complexity index is 1080. The van der Waals surface area contributed by atoms with E-state index in [0.717, 1.165) is 78.2 Å². The van der Waals surface area contributed by atoms with Crippen molar-refractivity contribution in [3.63, 3.8) is 0 Å². The second-order valence-electron chi connectivity index (χ2n) is 12.1. The van der Waals surface area contributed by atoms with E-state index >= 15 is 0 Å². The molecule has 1 atom stereocenters. The molecule has 4 aliphatic carbocycles. The summed E-state index contributed by atoms with van der Waals surface area (Å²) in [6, 6.07) is 8.85. The van der Waals surface area contributed by atoms with Crippen LogP contribution in [0.2, 0.25) is 0 Å². The van der Waals surface area contributed by atoms with Gasteiger partial charge in [-0.25, -0.2) is 4.98 Å². The molecule has 1 aromatic heterocycles. The minimum Gasteiger partial charge on any atom is -0.396 e. The molecule has 0 unspecified atom stereocenters. The minimum absolute atomic E-state index is 0. The Hall–Kier alpha value is -1.60. The van der Waals surface area contributed by atoms with E-state index < -0.39 is 0 Å². The van der Waals surface area contributed by atoms with E-state index in [1.807, 2.05) is 0 Å². The number of halogens is 2. The van der Waals surface area contributed by atoms with E-state index in [-0.39, 0.29) is 42.7 Å². The van der Waals surface area contributed by atoms with E-state index in [1.54, 1.807) is 0 Å². The van der Waals surface area contributed by atoms with Crippen molar-refractivity contribution < 1.29 is 9.90 Å². The Morgan fingerprint density at radius 1 is 1.08 bits per heavy atom. The van der Waals surface area contributed by atoms with Gasteiger partial charge in [0, 0.05) is 37.5 Å². The SMILES string of the molecule is Cc1ccc2nc(N3CC[C@H](NCCCO)C3)ccc2c1NC(=O)CC12CC3CC(CC(C3)C1)C2.Cl.Cl. The summed E-state index contributed by atoms with van der Waals surface area (Å²) >= 11 is 0.